The van der Waals surface area contributed by atoms with Gasteiger partial charge in [-0.3, -0.25) is 19.0 Å². The number of hydrogen-bond acceptors (Lipinski definition) is 5. The van der Waals surface area contributed by atoms with Crippen LogP contribution in [0.4, 0.5) is 11.4 Å². The molecule has 5 aromatic rings. The molecule has 0 saturated carbocycles. The van der Waals surface area contributed by atoms with E-state index in [0.717, 1.165) is 22.2 Å². The van der Waals surface area contributed by atoms with Gasteiger partial charge in [-0.25, -0.2) is 4.98 Å². The molecule has 0 fully saturated rings. The van der Waals surface area contributed by atoms with Crippen LogP contribution in [0.25, 0.3) is 22.2 Å². The number of nitrogens with one attached hydrogen (secondary N) is 2. The second kappa shape index (κ2) is 8.86. The highest BCUT2D eigenvalue weighted by molar-refractivity contribution is 6.13. The molecule has 3 aromatic heterocycles. The minimum Gasteiger partial charge on any atom is -0.322 e. The molecule has 2 aromatic carbocycles. The average Bonchev–Trinajstić information content (AvgIpc) is 3.43. The lowest BCUT2D eigenvalue weighted by Crippen LogP contribution is -2.14. The summed E-state index contributed by atoms with van der Waals surface area (Å²) in [5, 5.41) is 15.0. The number of nitrogens with zero attached hydrogens (tertiary/aromatic N) is 5. The molecule has 174 valence electrons. The summed E-state index contributed by atoms with van der Waals surface area (Å²) in [6.45, 7) is 1.92. The third-order valence-electron chi connectivity index (χ3n) is 5.60. The summed E-state index contributed by atoms with van der Waals surface area (Å²) in [6, 6.07) is 17.9. The number of benzene rings is 2. The molecule has 2 amide bonds. The van der Waals surface area contributed by atoms with E-state index in [1.807, 2.05) is 44.4 Å². The Morgan fingerprint density at radius 3 is 2.14 bits per heavy atom. The van der Waals surface area contributed by atoms with Crippen molar-refractivity contribution in [2.45, 2.75) is 6.92 Å². The highest BCUT2D eigenvalue weighted by Crippen LogP contribution is 2.27. The summed E-state index contributed by atoms with van der Waals surface area (Å²) in [5.41, 5.74) is 5.17. The molecule has 0 aliphatic carbocycles. The van der Waals surface area contributed by atoms with Crippen molar-refractivity contribution in [3.05, 3.63) is 90.0 Å². The van der Waals surface area contributed by atoms with Crippen molar-refractivity contribution >= 4 is 34.1 Å². The molecule has 0 unspecified atom stereocenters. The number of rotatable bonds is 5. The molecule has 2 N–H and O–H groups in total. The molecule has 0 radical (unpaired) electrons. The quantitative estimate of drug-likeness (QED) is 0.405. The van der Waals surface area contributed by atoms with Crippen LogP contribution in [-0.2, 0) is 14.1 Å². The first-order chi connectivity index (χ1) is 16.9. The van der Waals surface area contributed by atoms with Gasteiger partial charge < -0.3 is 10.6 Å². The van der Waals surface area contributed by atoms with Gasteiger partial charge in [0, 0.05) is 48.8 Å². The first kappa shape index (κ1) is 22.0. The van der Waals surface area contributed by atoms with Crippen molar-refractivity contribution in [2.75, 3.05) is 10.6 Å². The van der Waals surface area contributed by atoms with Gasteiger partial charge in [0.05, 0.1) is 22.5 Å². The Kier molecular flexibility index (Phi) is 5.58. The summed E-state index contributed by atoms with van der Waals surface area (Å²) in [5.74, 6) is -0.555. The summed E-state index contributed by atoms with van der Waals surface area (Å²) < 4.78 is 3.30. The maximum Gasteiger partial charge on any atom is 0.276 e. The van der Waals surface area contributed by atoms with Crippen LogP contribution in [0, 0.1) is 6.92 Å². The van der Waals surface area contributed by atoms with E-state index in [0.29, 0.717) is 28.3 Å². The van der Waals surface area contributed by atoms with Crippen LogP contribution in [0.2, 0.25) is 0 Å². The van der Waals surface area contributed by atoms with E-state index in [1.165, 1.54) is 0 Å². The van der Waals surface area contributed by atoms with Gasteiger partial charge >= 0.3 is 0 Å². The van der Waals surface area contributed by atoms with Crippen molar-refractivity contribution in [3.8, 4) is 11.3 Å². The smallest absolute Gasteiger partial charge is 0.276 e. The molecule has 0 atom stereocenters. The number of para-hydroxylation sites is 1. The lowest BCUT2D eigenvalue weighted by atomic mass is 10.0. The van der Waals surface area contributed by atoms with Crippen molar-refractivity contribution in [3.63, 3.8) is 0 Å². The zero-order valence-electron chi connectivity index (χ0n) is 19.5. The molecule has 35 heavy (non-hydrogen) atoms. The van der Waals surface area contributed by atoms with E-state index >= 15 is 0 Å². The maximum atomic E-state index is 13.3. The zero-order valence-corrected chi connectivity index (χ0v) is 19.5. The molecule has 9 nitrogen and oxygen atoms in total. The highest BCUT2D eigenvalue weighted by Gasteiger charge is 2.17. The zero-order chi connectivity index (χ0) is 24.5. The number of anilines is 2. The van der Waals surface area contributed by atoms with Gasteiger partial charge in [-0.05, 0) is 49.4 Å². The van der Waals surface area contributed by atoms with Gasteiger partial charge in [0.25, 0.3) is 11.8 Å². The fourth-order valence-electron chi connectivity index (χ4n) is 3.92. The molecular weight excluding hydrogens is 442 g/mol. The Hall–Kier alpha value is -4.79. The molecule has 0 aliphatic rings. The van der Waals surface area contributed by atoms with Crippen molar-refractivity contribution in [1.29, 1.82) is 0 Å². The SMILES string of the molecule is Cc1nn(C)cc1-c1cc(C(=O)Nc2ccc(NC(=O)c3ccn(C)n3)cc2)c2ccccc2n1. The molecule has 0 aliphatic heterocycles. The summed E-state index contributed by atoms with van der Waals surface area (Å²) in [7, 11) is 3.61. The number of carbonyl (C=O) groups excluding carboxylic acids is 2. The van der Waals surface area contributed by atoms with E-state index in [1.54, 1.807) is 59.0 Å². The van der Waals surface area contributed by atoms with Gasteiger partial charge in [0.15, 0.2) is 5.69 Å². The molecule has 0 spiro atoms. The number of aryl methyl sites for hydroxylation is 3. The number of aromatic nitrogens is 5. The van der Waals surface area contributed by atoms with E-state index in [9.17, 15) is 9.59 Å². The monoisotopic (exact) mass is 465 g/mol. The fourth-order valence-corrected chi connectivity index (χ4v) is 3.92. The van der Waals surface area contributed by atoms with E-state index in [-0.39, 0.29) is 11.8 Å². The van der Waals surface area contributed by atoms with Crippen LogP contribution in [0.1, 0.15) is 26.5 Å². The molecule has 9 heteroatoms. The second-order valence-electron chi connectivity index (χ2n) is 8.23. The van der Waals surface area contributed by atoms with Crippen molar-refractivity contribution in [2.24, 2.45) is 14.1 Å². The van der Waals surface area contributed by atoms with Gasteiger partial charge in [-0.15, -0.1) is 0 Å². The average molecular weight is 466 g/mol. The van der Waals surface area contributed by atoms with Crippen LogP contribution in [0.15, 0.2) is 73.1 Å². The Labute approximate surface area is 201 Å². The minimum atomic E-state index is -0.302. The lowest BCUT2D eigenvalue weighted by molar-refractivity contribution is 0.101. The minimum absolute atomic E-state index is 0.253. The maximum absolute atomic E-state index is 13.3. The summed E-state index contributed by atoms with van der Waals surface area (Å²) in [4.78, 5) is 30.4. The van der Waals surface area contributed by atoms with Gasteiger partial charge in [-0.2, -0.15) is 10.2 Å². The summed E-state index contributed by atoms with van der Waals surface area (Å²) >= 11 is 0. The van der Waals surface area contributed by atoms with Gasteiger partial charge in [-0.1, -0.05) is 18.2 Å². The third-order valence-corrected chi connectivity index (χ3v) is 5.60. The number of carbonyl (C=O) groups is 2. The van der Waals surface area contributed by atoms with Crippen LogP contribution in [0.3, 0.4) is 0 Å². The highest BCUT2D eigenvalue weighted by atomic mass is 16.2. The van der Waals surface area contributed by atoms with E-state index in [4.69, 9.17) is 4.98 Å². The van der Waals surface area contributed by atoms with E-state index < -0.39 is 0 Å². The van der Waals surface area contributed by atoms with Crippen molar-refractivity contribution in [1.82, 2.24) is 24.5 Å². The normalized spacial score (nSPS) is 10.9. The van der Waals surface area contributed by atoms with E-state index in [2.05, 4.69) is 20.8 Å². The number of fused-ring (bicyclic) bond motifs is 1. The first-order valence-electron chi connectivity index (χ1n) is 11.0. The number of pyridine rings is 1. The number of hydrogen-bond donors (Lipinski definition) is 2. The predicted octanol–water partition coefficient (Wildman–Crippen LogP) is 4.18. The Morgan fingerprint density at radius 1 is 0.829 bits per heavy atom. The standard InChI is InChI=1S/C26H23N7O2/c1-16-21(15-33(3)30-16)24-14-20(19-6-4-5-7-22(19)29-24)25(34)27-17-8-10-18(11-9-17)28-26(35)23-12-13-32(2)31-23/h4-15H,1-3H3,(H,27,34)(H,28,35). The van der Waals surface area contributed by atoms with Crippen LogP contribution < -0.4 is 10.6 Å². The third kappa shape index (κ3) is 4.51. The molecule has 0 saturated heterocycles. The first-order valence-corrected chi connectivity index (χ1v) is 11.0. The van der Waals surface area contributed by atoms with Crippen LogP contribution in [0.5, 0.6) is 0 Å². The molecular formula is C26H23N7O2. The molecule has 0 bridgehead atoms. The lowest BCUT2D eigenvalue weighted by Gasteiger charge is -2.11. The Bertz CT molecular complexity index is 1560. The van der Waals surface area contributed by atoms with Gasteiger partial charge in [0.1, 0.15) is 0 Å². The number of amides is 2. The predicted molar refractivity (Wildman–Crippen MR) is 134 cm³/mol. The topological polar surface area (TPSA) is 107 Å². The fraction of sp³-hybridized carbons (Fsp3) is 0.115. The Balaban J connectivity index is 1.39. The van der Waals surface area contributed by atoms with Crippen molar-refractivity contribution < 1.29 is 9.59 Å². The second-order valence-corrected chi connectivity index (χ2v) is 8.23. The largest absolute Gasteiger partial charge is 0.322 e. The molecule has 3 heterocycles. The Morgan fingerprint density at radius 2 is 1.51 bits per heavy atom. The van der Waals surface area contributed by atoms with Crippen LogP contribution >= 0.6 is 0 Å². The van der Waals surface area contributed by atoms with Crippen LogP contribution in [-0.4, -0.2) is 36.4 Å². The van der Waals surface area contributed by atoms with Gasteiger partial charge in [0.2, 0.25) is 0 Å². The molecule has 5 rings (SSSR count). The summed E-state index contributed by atoms with van der Waals surface area (Å²) in [6.07, 6.45) is 3.60.